The maximum atomic E-state index is 7.41. The van der Waals surface area contributed by atoms with E-state index >= 15 is 0 Å². The maximum Gasteiger partial charge on any atom is 0.235 e. The molecule has 0 N–H and O–H groups in total. The molecule has 5 heteroatoms. The first-order chi connectivity index (χ1) is 21.8. The van der Waals surface area contributed by atoms with Gasteiger partial charge in [-0.15, -0.1) is 0 Å². The van der Waals surface area contributed by atoms with Crippen LogP contribution < -0.4 is 0 Å². The van der Waals surface area contributed by atoms with E-state index in [1.54, 1.807) is 0 Å². The second-order valence-electron chi connectivity index (χ2n) is 11.3. The largest absolute Gasteiger partial charge is 0.308 e. The van der Waals surface area contributed by atoms with Crippen molar-refractivity contribution in [2.24, 2.45) is 0 Å². The smallest absolute Gasteiger partial charge is 0.235 e. The van der Waals surface area contributed by atoms with Crippen LogP contribution in [0.2, 0.25) is 0 Å². The predicted octanol–water partition coefficient (Wildman–Crippen LogP) is 10.1. The van der Waals surface area contributed by atoms with Crippen LogP contribution in [0.3, 0.4) is 0 Å². The van der Waals surface area contributed by atoms with E-state index < -0.39 is 0 Å². The lowest BCUT2D eigenvalue weighted by Crippen LogP contribution is -2.03. The SMILES string of the molecule is [C-]#[N+]c1ccc(-c2nc(-n3c4ccccc4c4cc5c6ccccc6n6c7ccccc7c(c43)c56)nc3ccccc23)cc1. The van der Waals surface area contributed by atoms with Crippen molar-refractivity contribution in [3.8, 4) is 17.2 Å². The summed E-state index contributed by atoms with van der Waals surface area (Å²) in [6.45, 7) is 7.41. The van der Waals surface area contributed by atoms with Gasteiger partial charge >= 0.3 is 0 Å². The van der Waals surface area contributed by atoms with Crippen LogP contribution in [0.4, 0.5) is 5.69 Å². The number of para-hydroxylation sites is 4. The van der Waals surface area contributed by atoms with Gasteiger partial charge in [0.2, 0.25) is 5.95 Å². The minimum absolute atomic E-state index is 0.607. The lowest BCUT2D eigenvalue weighted by molar-refractivity contribution is 1.02. The number of benzene rings is 6. The summed E-state index contributed by atoms with van der Waals surface area (Å²) < 4.78 is 4.68. The van der Waals surface area contributed by atoms with Gasteiger partial charge < -0.3 is 4.40 Å². The van der Waals surface area contributed by atoms with Gasteiger partial charge in [0.05, 0.1) is 45.4 Å². The number of hydrogen-bond donors (Lipinski definition) is 0. The minimum Gasteiger partial charge on any atom is -0.308 e. The minimum atomic E-state index is 0.607. The Morgan fingerprint density at radius 1 is 0.523 bits per heavy atom. The summed E-state index contributed by atoms with van der Waals surface area (Å²) in [6.07, 6.45) is 0. The molecule has 0 atom stereocenters. The molecule has 10 rings (SSSR count). The summed E-state index contributed by atoms with van der Waals surface area (Å²) in [7, 11) is 0. The normalized spacial score (nSPS) is 12.1. The fourth-order valence-electron chi connectivity index (χ4n) is 7.24. The molecule has 0 fully saturated rings. The van der Waals surface area contributed by atoms with E-state index in [4.69, 9.17) is 16.5 Å². The van der Waals surface area contributed by atoms with E-state index in [0.29, 0.717) is 11.6 Å². The predicted molar refractivity (Wildman–Crippen MR) is 180 cm³/mol. The molecule has 5 nitrogen and oxygen atoms in total. The quantitative estimate of drug-likeness (QED) is 0.198. The van der Waals surface area contributed by atoms with Gasteiger partial charge in [-0.1, -0.05) is 97.1 Å². The molecule has 202 valence electrons. The third kappa shape index (κ3) is 2.91. The summed E-state index contributed by atoms with van der Waals surface area (Å²) in [4.78, 5) is 14.1. The van der Waals surface area contributed by atoms with Gasteiger partial charge in [-0.25, -0.2) is 14.8 Å². The number of nitrogens with zero attached hydrogens (tertiary/aromatic N) is 5. The Morgan fingerprint density at radius 2 is 1.11 bits per heavy atom. The van der Waals surface area contributed by atoms with Crippen LogP contribution in [0.5, 0.6) is 0 Å². The molecule has 0 amide bonds. The van der Waals surface area contributed by atoms with Crippen molar-refractivity contribution >= 4 is 76.5 Å². The second kappa shape index (κ2) is 8.41. The highest BCUT2D eigenvalue weighted by atomic mass is 15.2. The molecule has 0 aliphatic heterocycles. The van der Waals surface area contributed by atoms with Crippen molar-refractivity contribution in [3.63, 3.8) is 0 Å². The zero-order valence-electron chi connectivity index (χ0n) is 23.4. The van der Waals surface area contributed by atoms with Gasteiger partial charge in [0, 0.05) is 37.7 Å². The Labute approximate surface area is 251 Å². The first-order valence-corrected chi connectivity index (χ1v) is 14.6. The number of hydrogen-bond acceptors (Lipinski definition) is 2. The summed E-state index contributed by atoms with van der Waals surface area (Å²) in [5, 5.41) is 8.25. The van der Waals surface area contributed by atoms with Crippen LogP contribution in [-0.4, -0.2) is 18.9 Å². The third-order valence-corrected chi connectivity index (χ3v) is 9.07. The highest BCUT2D eigenvalue weighted by Gasteiger charge is 2.25. The highest BCUT2D eigenvalue weighted by molar-refractivity contribution is 6.34. The highest BCUT2D eigenvalue weighted by Crippen LogP contribution is 2.46. The van der Waals surface area contributed by atoms with E-state index in [1.807, 2.05) is 36.4 Å². The third-order valence-electron chi connectivity index (χ3n) is 9.07. The van der Waals surface area contributed by atoms with Crippen molar-refractivity contribution in [2.45, 2.75) is 0 Å². The molecule has 10 aromatic rings. The van der Waals surface area contributed by atoms with E-state index in [2.05, 4.69) is 105 Å². The summed E-state index contributed by atoms with van der Waals surface area (Å²) in [6, 6.07) is 44.2. The van der Waals surface area contributed by atoms with Gasteiger partial charge in [-0.2, -0.15) is 0 Å². The van der Waals surface area contributed by atoms with Gasteiger partial charge in [0.1, 0.15) is 0 Å². The van der Waals surface area contributed by atoms with Crippen LogP contribution in [-0.2, 0) is 0 Å². The van der Waals surface area contributed by atoms with Crippen molar-refractivity contribution in [1.29, 1.82) is 0 Å². The second-order valence-corrected chi connectivity index (χ2v) is 11.3. The van der Waals surface area contributed by atoms with Crippen LogP contribution >= 0.6 is 0 Å². The van der Waals surface area contributed by atoms with E-state index in [0.717, 1.165) is 33.2 Å². The van der Waals surface area contributed by atoms with E-state index in [1.165, 1.54) is 48.9 Å². The first-order valence-electron chi connectivity index (χ1n) is 14.6. The van der Waals surface area contributed by atoms with E-state index in [-0.39, 0.29) is 0 Å². The molecule has 0 aliphatic rings. The standard InChI is InChI=1S/C39H21N5/c1-40-24-20-18-23(19-21-24)36-27-12-2-6-14-31(27)41-39(42-36)44-33-16-8-4-11-26(33)30-22-29-25-10-3-7-15-32(25)43-34-17-9-5-13-28(34)35(37(29)43)38(30)44/h2-22H. The molecule has 0 bridgehead atoms. The molecule has 0 radical (unpaired) electrons. The summed E-state index contributed by atoms with van der Waals surface area (Å²) in [5.74, 6) is 0.627. The molecule has 4 aromatic heterocycles. The fourth-order valence-corrected chi connectivity index (χ4v) is 7.24. The Kier molecular flexibility index (Phi) is 4.46. The fraction of sp³-hybridized carbons (Fsp3) is 0. The van der Waals surface area contributed by atoms with Crippen LogP contribution in [0.15, 0.2) is 127 Å². The molecule has 0 aliphatic carbocycles. The van der Waals surface area contributed by atoms with Crippen molar-refractivity contribution in [1.82, 2.24) is 18.9 Å². The molecule has 0 saturated heterocycles. The number of rotatable bonds is 2. The number of aromatic nitrogens is 4. The van der Waals surface area contributed by atoms with Gasteiger partial charge in [0.25, 0.3) is 0 Å². The van der Waals surface area contributed by atoms with Crippen molar-refractivity contribution in [2.75, 3.05) is 0 Å². The van der Waals surface area contributed by atoms with E-state index in [9.17, 15) is 0 Å². The van der Waals surface area contributed by atoms with Gasteiger partial charge in [-0.05, 0) is 35.9 Å². The van der Waals surface area contributed by atoms with Crippen LogP contribution in [0.25, 0.3) is 92.9 Å². The Bertz CT molecular complexity index is 2830. The lowest BCUT2D eigenvalue weighted by Gasteiger charge is -2.12. The monoisotopic (exact) mass is 559 g/mol. The molecule has 0 spiro atoms. The van der Waals surface area contributed by atoms with Crippen LogP contribution in [0, 0.1) is 6.57 Å². The number of fused-ring (bicyclic) bond motifs is 11. The van der Waals surface area contributed by atoms with Gasteiger partial charge in [-0.3, -0.25) is 4.57 Å². The molecule has 0 unspecified atom stereocenters. The molecular formula is C39H21N5. The zero-order valence-corrected chi connectivity index (χ0v) is 23.4. The topological polar surface area (TPSA) is 39.5 Å². The van der Waals surface area contributed by atoms with Crippen molar-refractivity contribution < 1.29 is 0 Å². The lowest BCUT2D eigenvalue weighted by atomic mass is 10.0. The van der Waals surface area contributed by atoms with Gasteiger partial charge in [0.15, 0.2) is 5.69 Å². The molecule has 6 aromatic carbocycles. The Balaban J connectivity index is 1.43. The summed E-state index contributed by atoms with van der Waals surface area (Å²) in [5.41, 5.74) is 9.08. The average molecular weight is 560 g/mol. The van der Waals surface area contributed by atoms with Crippen molar-refractivity contribution in [3.05, 3.63) is 139 Å². The Morgan fingerprint density at radius 3 is 1.86 bits per heavy atom. The zero-order chi connectivity index (χ0) is 28.9. The summed E-state index contributed by atoms with van der Waals surface area (Å²) >= 11 is 0. The average Bonchev–Trinajstić information content (AvgIpc) is 3.72. The molecular weight excluding hydrogens is 538 g/mol. The van der Waals surface area contributed by atoms with Crippen LogP contribution in [0.1, 0.15) is 0 Å². The molecule has 0 saturated carbocycles. The molecule has 4 heterocycles. The first kappa shape index (κ1) is 23.3. The molecule has 44 heavy (non-hydrogen) atoms. The maximum absolute atomic E-state index is 7.41. The Hall–Kier alpha value is -6.25.